The van der Waals surface area contributed by atoms with Gasteiger partial charge in [-0.1, -0.05) is 24.3 Å². The van der Waals surface area contributed by atoms with E-state index in [0.29, 0.717) is 5.56 Å². The van der Waals surface area contributed by atoms with Crippen molar-refractivity contribution in [3.8, 4) is 5.69 Å². The normalized spacial score (nSPS) is 11.8. The van der Waals surface area contributed by atoms with Gasteiger partial charge in [0.05, 0.1) is 11.9 Å². The standard InChI is InChI=1S/C17H15F2N3O2S/c1-21(25(23,24)17-15(18)8-5-9-16(17)19)11-13-10-20-22(12-13)14-6-3-2-4-7-14/h2-10,12H,11H2,1H3. The first-order valence-electron chi connectivity index (χ1n) is 7.39. The third kappa shape index (κ3) is 3.45. The minimum atomic E-state index is -4.31. The van der Waals surface area contributed by atoms with E-state index in [2.05, 4.69) is 5.10 Å². The SMILES string of the molecule is CN(Cc1cnn(-c2ccccc2)c1)S(=O)(=O)c1c(F)cccc1F. The van der Waals surface area contributed by atoms with E-state index in [9.17, 15) is 17.2 Å². The summed E-state index contributed by atoms with van der Waals surface area (Å²) in [5, 5.41) is 4.18. The Labute approximate surface area is 144 Å². The highest BCUT2D eigenvalue weighted by Gasteiger charge is 2.28. The summed E-state index contributed by atoms with van der Waals surface area (Å²) in [6.07, 6.45) is 3.18. The predicted molar refractivity (Wildman–Crippen MR) is 88.6 cm³/mol. The van der Waals surface area contributed by atoms with Gasteiger partial charge in [0.15, 0.2) is 4.90 Å². The van der Waals surface area contributed by atoms with Crippen LogP contribution in [-0.4, -0.2) is 29.6 Å². The summed E-state index contributed by atoms with van der Waals surface area (Å²) < 4.78 is 55.1. The molecule has 3 aromatic rings. The maximum Gasteiger partial charge on any atom is 0.248 e. The molecule has 2 aromatic carbocycles. The number of rotatable bonds is 5. The molecule has 8 heteroatoms. The number of aromatic nitrogens is 2. The van der Waals surface area contributed by atoms with Crippen molar-refractivity contribution in [2.75, 3.05) is 7.05 Å². The van der Waals surface area contributed by atoms with Gasteiger partial charge in [-0.15, -0.1) is 0 Å². The number of benzene rings is 2. The van der Waals surface area contributed by atoms with Crippen LogP contribution in [0.2, 0.25) is 0 Å². The van der Waals surface area contributed by atoms with E-state index in [1.54, 1.807) is 10.9 Å². The lowest BCUT2D eigenvalue weighted by atomic mass is 10.3. The molecular weight excluding hydrogens is 348 g/mol. The minimum absolute atomic E-state index is 0.0665. The van der Waals surface area contributed by atoms with Gasteiger partial charge in [-0.05, 0) is 24.3 Å². The molecule has 0 aliphatic rings. The van der Waals surface area contributed by atoms with E-state index < -0.39 is 26.6 Å². The first-order chi connectivity index (χ1) is 11.9. The highest BCUT2D eigenvalue weighted by molar-refractivity contribution is 7.89. The molecule has 0 atom stereocenters. The van der Waals surface area contributed by atoms with Gasteiger partial charge < -0.3 is 0 Å². The van der Waals surface area contributed by atoms with Crippen LogP contribution in [0.4, 0.5) is 8.78 Å². The van der Waals surface area contributed by atoms with Crippen LogP contribution < -0.4 is 0 Å². The van der Waals surface area contributed by atoms with Gasteiger partial charge in [-0.3, -0.25) is 0 Å². The number of halogens is 2. The molecule has 0 N–H and O–H groups in total. The molecule has 0 spiro atoms. The number of hydrogen-bond donors (Lipinski definition) is 0. The zero-order valence-corrected chi connectivity index (χ0v) is 14.1. The molecule has 0 radical (unpaired) electrons. The van der Waals surface area contributed by atoms with Gasteiger partial charge in [-0.25, -0.2) is 21.9 Å². The number of sulfonamides is 1. The molecular formula is C17H15F2N3O2S. The Morgan fingerprint density at radius 1 is 1.04 bits per heavy atom. The Morgan fingerprint density at radius 2 is 1.68 bits per heavy atom. The van der Waals surface area contributed by atoms with Crippen molar-refractivity contribution < 1.29 is 17.2 Å². The van der Waals surface area contributed by atoms with Crippen LogP contribution in [0.5, 0.6) is 0 Å². The summed E-state index contributed by atoms with van der Waals surface area (Å²) in [6, 6.07) is 12.2. The van der Waals surface area contributed by atoms with Crippen molar-refractivity contribution in [2.45, 2.75) is 11.4 Å². The molecule has 3 rings (SSSR count). The number of hydrogen-bond acceptors (Lipinski definition) is 3. The zero-order chi connectivity index (χ0) is 18.0. The number of para-hydroxylation sites is 1. The van der Waals surface area contributed by atoms with Gasteiger partial charge in [0, 0.05) is 25.4 Å². The van der Waals surface area contributed by atoms with Crippen LogP contribution in [0, 0.1) is 11.6 Å². The topological polar surface area (TPSA) is 55.2 Å². The van der Waals surface area contributed by atoms with Gasteiger partial charge in [0.1, 0.15) is 11.6 Å². The van der Waals surface area contributed by atoms with E-state index in [4.69, 9.17) is 0 Å². The largest absolute Gasteiger partial charge is 0.248 e. The van der Waals surface area contributed by atoms with Gasteiger partial charge in [0.2, 0.25) is 10.0 Å². The maximum atomic E-state index is 13.8. The molecule has 0 unspecified atom stereocenters. The van der Waals surface area contributed by atoms with Crippen molar-refractivity contribution in [2.24, 2.45) is 0 Å². The van der Waals surface area contributed by atoms with E-state index in [1.807, 2.05) is 30.3 Å². The highest BCUT2D eigenvalue weighted by atomic mass is 32.2. The lowest BCUT2D eigenvalue weighted by Gasteiger charge is -2.17. The van der Waals surface area contributed by atoms with Gasteiger partial charge in [-0.2, -0.15) is 9.40 Å². The molecule has 0 saturated carbocycles. The fraction of sp³-hybridized carbons (Fsp3) is 0.118. The average Bonchev–Trinajstić information content (AvgIpc) is 3.04. The number of nitrogens with zero attached hydrogens (tertiary/aromatic N) is 3. The molecule has 130 valence electrons. The Kier molecular flexibility index (Phi) is 4.65. The molecule has 5 nitrogen and oxygen atoms in total. The lowest BCUT2D eigenvalue weighted by molar-refractivity contribution is 0.448. The molecule has 0 fully saturated rings. The van der Waals surface area contributed by atoms with E-state index in [0.717, 1.165) is 28.2 Å². The maximum absolute atomic E-state index is 13.8. The van der Waals surface area contributed by atoms with Crippen LogP contribution in [0.3, 0.4) is 0 Å². The first kappa shape index (κ1) is 17.2. The Hall–Kier alpha value is -2.58. The summed E-state index contributed by atoms with van der Waals surface area (Å²) in [6.45, 7) is -0.0665. The Balaban J connectivity index is 1.85. The second kappa shape index (κ2) is 6.73. The molecule has 1 aromatic heterocycles. The van der Waals surface area contributed by atoms with Crippen LogP contribution in [-0.2, 0) is 16.6 Å². The highest BCUT2D eigenvalue weighted by Crippen LogP contribution is 2.23. The smallest absolute Gasteiger partial charge is 0.241 e. The van der Waals surface area contributed by atoms with Crippen LogP contribution >= 0.6 is 0 Å². The van der Waals surface area contributed by atoms with Crippen molar-refractivity contribution in [1.82, 2.24) is 14.1 Å². The molecule has 0 aliphatic carbocycles. The minimum Gasteiger partial charge on any atom is -0.241 e. The monoisotopic (exact) mass is 363 g/mol. The van der Waals surface area contributed by atoms with Gasteiger partial charge >= 0.3 is 0 Å². The van der Waals surface area contributed by atoms with Crippen molar-refractivity contribution >= 4 is 10.0 Å². The summed E-state index contributed by atoms with van der Waals surface area (Å²) >= 11 is 0. The molecule has 0 bridgehead atoms. The van der Waals surface area contributed by atoms with Crippen LogP contribution in [0.1, 0.15) is 5.56 Å². The third-order valence-corrected chi connectivity index (χ3v) is 5.50. The van der Waals surface area contributed by atoms with Crippen molar-refractivity contribution in [3.63, 3.8) is 0 Å². The van der Waals surface area contributed by atoms with Crippen molar-refractivity contribution in [1.29, 1.82) is 0 Å². The molecule has 1 heterocycles. The zero-order valence-electron chi connectivity index (χ0n) is 13.3. The molecule has 25 heavy (non-hydrogen) atoms. The summed E-state index contributed by atoms with van der Waals surface area (Å²) in [7, 11) is -3.04. The first-order valence-corrected chi connectivity index (χ1v) is 8.83. The van der Waals surface area contributed by atoms with Crippen LogP contribution in [0.15, 0.2) is 65.8 Å². The second-order valence-corrected chi connectivity index (χ2v) is 7.42. The summed E-state index contributed by atoms with van der Waals surface area (Å²) in [5.74, 6) is -2.24. The second-order valence-electron chi connectivity index (χ2n) is 5.44. The quantitative estimate of drug-likeness (QED) is 0.700. The lowest BCUT2D eigenvalue weighted by Crippen LogP contribution is -2.28. The van der Waals surface area contributed by atoms with E-state index in [1.165, 1.54) is 13.2 Å². The fourth-order valence-electron chi connectivity index (χ4n) is 2.39. The molecule has 0 amide bonds. The summed E-state index contributed by atoms with van der Waals surface area (Å²) in [5.41, 5.74) is 1.41. The molecule has 0 saturated heterocycles. The third-order valence-electron chi connectivity index (χ3n) is 3.65. The average molecular weight is 363 g/mol. The predicted octanol–water partition coefficient (Wildman–Crippen LogP) is 2.97. The Morgan fingerprint density at radius 3 is 2.32 bits per heavy atom. The molecule has 0 aliphatic heterocycles. The summed E-state index contributed by atoms with van der Waals surface area (Å²) in [4.78, 5) is -0.951. The Bertz CT molecular complexity index is 968. The van der Waals surface area contributed by atoms with E-state index in [-0.39, 0.29) is 6.54 Å². The van der Waals surface area contributed by atoms with Crippen LogP contribution in [0.25, 0.3) is 5.69 Å². The van der Waals surface area contributed by atoms with Crippen molar-refractivity contribution in [3.05, 3.63) is 78.1 Å². The fourth-order valence-corrected chi connectivity index (χ4v) is 3.65. The van der Waals surface area contributed by atoms with E-state index >= 15 is 0 Å². The van der Waals surface area contributed by atoms with Gasteiger partial charge in [0.25, 0.3) is 0 Å².